The third kappa shape index (κ3) is 16.1. The molecular formula is C66H79N7O23. The molecule has 0 aliphatic carbocycles. The van der Waals surface area contributed by atoms with Gasteiger partial charge in [0.15, 0.2) is 55.5 Å². The number of hydrogen-bond donors (Lipinski definition) is 3. The molecule has 3 N–H and O–H groups in total. The molecule has 0 aromatic heterocycles. The number of alkyl carbamates (subject to hydrolysis) is 1. The summed E-state index contributed by atoms with van der Waals surface area (Å²) in [5.41, 5.74) is 21.1. The molecule has 10 rings (SSSR count). The van der Waals surface area contributed by atoms with Crippen LogP contribution in [-0.2, 0) is 98.6 Å². The number of ketones is 1. The van der Waals surface area contributed by atoms with E-state index in [4.69, 9.17) is 75.8 Å². The molecule has 516 valence electrons. The molecule has 4 aromatic carbocycles. The van der Waals surface area contributed by atoms with Crippen molar-refractivity contribution in [2.45, 2.75) is 177 Å². The average Bonchev–Trinajstić information content (AvgIpc) is 1.24. The van der Waals surface area contributed by atoms with Gasteiger partial charge in [0.05, 0.1) is 69.0 Å². The first-order valence-electron chi connectivity index (χ1n) is 31.6. The minimum atomic E-state index is -1.78. The molecule has 10 unspecified atom stereocenters. The van der Waals surface area contributed by atoms with Gasteiger partial charge in [-0.25, -0.2) is 19.2 Å². The van der Waals surface area contributed by atoms with E-state index in [-0.39, 0.29) is 36.2 Å². The van der Waals surface area contributed by atoms with Crippen LogP contribution in [0.1, 0.15) is 66.5 Å². The molecule has 30 nitrogen and oxygen atoms in total. The van der Waals surface area contributed by atoms with Gasteiger partial charge in [0.1, 0.15) is 61.5 Å². The minimum absolute atomic E-state index is 0.0369. The van der Waals surface area contributed by atoms with Crippen LogP contribution < -0.4 is 5.32 Å². The summed E-state index contributed by atoms with van der Waals surface area (Å²) in [7, 11) is 2.48. The zero-order chi connectivity index (χ0) is 68.2. The number of azide groups is 2. The van der Waals surface area contributed by atoms with E-state index in [1.165, 1.54) is 26.2 Å². The van der Waals surface area contributed by atoms with Gasteiger partial charge in [-0.2, -0.15) is 0 Å². The third-order valence-corrected chi connectivity index (χ3v) is 18.3. The Kier molecular flexibility index (Phi) is 24.4. The Morgan fingerprint density at radius 3 is 1.61 bits per heavy atom. The number of aliphatic hydroxyl groups excluding tert-OH is 2. The van der Waals surface area contributed by atoms with E-state index >= 15 is 0 Å². The van der Waals surface area contributed by atoms with Gasteiger partial charge in [0.25, 0.3) is 0 Å². The fraction of sp³-hybridized carbons (Fsp3) is 0.561. The second-order valence-corrected chi connectivity index (χ2v) is 24.2. The number of hydrogen-bond acceptors (Lipinski definition) is 25. The molecular weight excluding hydrogens is 1260 g/mol. The number of nitrogens with zero attached hydrogens (tertiary/aromatic N) is 6. The number of rotatable bonds is 26. The van der Waals surface area contributed by atoms with Crippen molar-refractivity contribution in [3.63, 3.8) is 0 Å². The molecule has 25 atom stereocenters. The van der Waals surface area contributed by atoms with Gasteiger partial charge in [0.2, 0.25) is 0 Å². The zero-order valence-corrected chi connectivity index (χ0v) is 53.7. The number of benzene rings is 4. The average molecular weight is 1340 g/mol. The number of nitrogens with one attached hydrogen (secondary N) is 1. The molecule has 96 heavy (non-hydrogen) atoms. The van der Waals surface area contributed by atoms with Crippen molar-refractivity contribution in [2.24, 2.45) is 33.9 Å². The van der Waals surface area contributed by atoms with E-state index in [0.29, 0.717) is 5.56 Å². The Labute approximate surface area is 552 Å². The summed E-state index contributed by atoms with van der Waals surface area (Å²) >= 11 is 0. The maximum Gasteiger partial charge on any atom is 0.408 e. The summed E-state index contributed by atoms with van der Waals surface area (Å²) in [5, 5.41) is 32.5. The van der Waals surface area contributed by atoms with Crippen LogP contribution in [0, 0.1) is 23.7 Å². The summed E-state index contributed by atoms with van der Waals surface area (Å²) < 4.78 is 102. The van der Waals surface area contributed by atoms with Gasteiger partial charge in [0, 0.05) is 22.9 Å². The van der Waals surface area contributed by atoms with Crippen LogP contribution in [0.2, 0.25) is 0 Å². The molecule has 6 saturated heterocycles. The zero-order valence-electron chi connectivity index (χ0n) is 53.7. The maximum atomic E-state index is 14.6. The largest absolute Gasteiger partial charge is 0.467 e. The Morgan fingerprint density at radius 2 is 1.04 bits per heavy atom. The second kappa shape index (κ2) is 33.0. The van der Waals surface area contributed by atoms with Gasteiger partial charge in [-0.3, -0.25) is 4.79 Å². The number of esters is 3. The molecule has 30 heteroatoms. The highest BCUT2D eigenvalue weighted by molar-refractivity contribution is 5.90. The summed E-state index contributed by atoms with van der Waals surface area (Å²) in [6.45, 7) is 6.32. The van der Waals surface area contributed by atoms with Crippen LogP contribution in [0.3, 0.4) is 0 Å². The Hall–Kier alpha value is -7.71. The smallest absolute Gasteiger partial charge is 0.408 e. The fourth-order valence-corrected chi connectivity index (χ4v) is 12.9. The van der Waals surface area contributed by atoms with Gasteiger partial charge in [-0.1, -0.05) is 135 Å². The lowest BCUT2D eigenvalue weighted by Gasteiger charge is -2.51. The van der Waals surface area contributed by atoms with Crippen molar-refractivity contribution in [1.29, 1.82) is 0 Å². The van der Waals surface area contributed by atoms with E-state index in [2.05, 4.69) is 25.4 Å². The number of carbonyl (C=O) groups is 5. The lowest BCUT2D eigenvalue weighted by molar-refractivity contribution is -0.371. The van der Waals surface area contributed by atoms with Crippen LogP contribution in [0.15, 0.2) is 132 Å². The third-order valence-electron chi connectivity index (χ3n) is 18.3. The summed E-state index contributed by atoms with van der Waals surface area (Å²) in [5.74, 6) is -5.57. The van der Waals surface area contributed by atoms with Crippen LogP contribution in [-0.4, -0.2) is 203 Å². The van der Waals surface area contributed by atoms with Gasteiger partial charge in [-0.15, -0.1) is 0 Å². The molecule has 4 aromatic rings. The van der Waals surface area contributed by atoms with E-state index in [0.717, 1.165) is 12.7 Å². The van der Waals surface area contributed by atoms with Crippen molar-refractivity contribution < 1.29 is 110 Å². The maximum absolute atomic E-state index is 14.6. The summed E-state index contributed by atoms with van der Waals surface area (Å²) in [6, 6.07) is 30.7. The van der Waals surface area contributed by atoms with Crippen molar-refractivity contribution in [3.8, 4) is 0 Å². The van der Waals surface area contributed by atoms with E-state index in [9.17, 15) is 45.2 Å². The Balaban J connectivity index is 0.988. The number of methoxy groups -OCH3 is 2. The SMILES string of the molecule is COC(=O)C1O[C@@H](O[C@@H]2C(CO)O[C@@H](O[C@H]3C(C(C)=O)O[C@@H](O[C@@H]4C(COC(=O)c5ccccc5)O[C@H](OC)C(N=[N+]=[N-])[C@H]4C)C(OC(=O)c4ccccc4)[C@@H]3OCc3ccccc3)C3NC(=O)O[C@H]32)C(OCc2ccccc2)[C@@H](C)[C@@H]1O[C@H]1OC(CO)[C@@H](C)[C@H](C)C1N=[N+]=[N-]. The monoisotopic (exact) mass is 1340 g/mol. The van der Waals surface area contributed by atoms with E-state index < -0.39 is 190 Å². The van der Waals surface area contributed by atoms with Crippen LogP contribution >= 0.6 is 0 Å². The van der Waals surface area contributed by atoms with E-state index in [1.807, 2.05) is 44.2 Å². The van der Waals surface area contributed by atoms with Crippen molar-refractivity contribution in [2.75, 3.05) is 34.0 Å². The van der Waals surface area contributed by atoms with Gasteiger partial charge >= 0.3 is 24.0 Å². The standard InChI is InChI=1S/C66H79N7O23/c1-33-34(2)45(70-72-67)62(86-42(33)28-74)91-49-36(4)50(83-30-38-20-12-8-13-21-38)64(95-56(49)60(79)81-6)93-52-43(29-75)87-63(47-53(52)96-66(80)69-47)94-55-51(37(5)76)92-65(57(89-59(78)41-26-18-11-19-27-41)54(55)84-31-39-22-14-9-15-23-39)90-48-35(3)46(71-73-68)61(82-7)88-44(48)32-85-58(77)40-24-16-10-17-25-40/h8-27,33-36,42-57,61-65,74-75H,28-32H2,1-7H3,(H,69,80)/t33-,34-,35+,36-,42?,43?,44?,45?,46?,47?,48-,49-,50?,51?,52+,53+,54+,55-,56?,57?,61-,62+,63-,64+,65+/m0/s1. The quantitative estimate of drug-likeness (QED) is 0.0208. The molecule has 1 amide bonds. The Bertz CT molecular complexity index is 3340. The van der Waals surface area contributed by atoms with Gasteiger partial charge in [-0.05, 0) is 71.1 Å². The predicted molar refractivity (Wildman–Crippen MR) is 329 cm³/mol. The first-order valence-corrected chi connectivity index (χ1v) is 31.6. The number of fused-ring (bicyclic) bond motifs is 1. The molecule has 0 radical (unpaired) electrons. The molecule has 0 spiro atoms. The topological polar surface area (TPSA) is 383 Å². The highest BCUT2D eigenvalue weighted by Gasteiger charge is 2.61. The molecule has 0 bridgehead atoms. The molecule has 6 aliphatic heterocycles. The van der Waals surface area contributed by atoms with Crippen LogP contribution in [0.25, 0.3) is 20.9 Å². The summed E-state index contributed by atoms with van der Waals surface area (Å²) in [6.07, 6.45) is -26.8. The minimum Gasteiger partial charge on any atom is -0.467 e. The molecule has 6 aliphatic rings. The lowest BCUT2D eigenvalue weighted by Crippen LogP contribution is -2.68. The molecule has 0 saturated carbocycles. The van der Waals surface area contributed by atoms with Crippen molar-refractivity contribution in [1.82, 2.24) is 5.32 Å². The first-order chi connectivity index (χ1) is 46.5. The van der Waals surface area contributed by atoms with Gasteiger partial charge < -0.3 is 91.3 Å². The number of carbonyl (C=O) groups excluding carboxylic acids is 5. The summed E-state index contributed by atoms with van der Waals surface area (Å²) in [4.78, 5) is 76.4. The van der Waals surface area contributed by atoms with Crippen LogP contribution in [0.4, 0.5) is 4.79 Å². The Morgan fingerprint density at radius 1 is 0.531 bits per heavy atom. The normalized spacial score (nSPS) is 35.7. The second-order valence-electron chi connectivity index (χ2n) is 24.2. The van der Waals surface area contributed by atoms with Crippen molar-refractivity contribution in [3.05, 3.63) is 164 Å². The first kappa shape index (κ1) is 71.1. The molecule has 6 heterocycles. The molecule has 6 fully saturated rings. The number of ether oxygens (including phenoxy) is 16. The highest BCUT2D eigenvalue weighted by Crippen LogP contribution is 2.43. The highest BCUT2D eigenvalue weighted by atomic mass is 16.8. The van der Waals surface area contributed by atoms with E-state index in [1.54, 1.807) is 92.7 Å². The lowest BCUT2D eigenvalue weighted by atomic mass is 9.82. The number of aliphatic hydroxyl groups is 2. The number of amides is 1. The predicted octanol–water partition coefficient (Wildman–Crippen LogP) is 6.18. The fourth-order valence-electron chi connectivity index (χ4n) is 12.9. The van der Waals surface area contributed by atoms with Crippen molar-refractivity contribution >= 4 is 29.8 Å². The van der Waals surface area contributed by atoms with Crippen LogP contribution in [0.5, 0.6) is 0 Å². The number of Topliss-reactive ketones (excluding diaryl/α,β-unsaturated/α-hetero) is 1.